The van der Waals surface area contributed by atoms with Crippen LogP contribution < -0.4 is 5.32 Å². The number of ether oxygens (including phenoxy) is 2. The number of thiazole rings is 1. The third kappa shape index (κ3) is 4.16. The van der Waals surface area contributed by atoms with E-state index in [1.165, 1.54) is 18.4 Å². The van der Waals surface area contributed by atoms with Gasteiger partial charge in [-0.2, -0.15) is 0 Å². The van der Waals surface area contributed by atoms with Crippen LogP contribution >= 0.6 is 11.3 Å². The van der Waals surface area contributed by atoms with E-state index in [9.17, 15) is 4.79 Å². The van der Waals surface area contributed by atoms with E-state index in [0.29, 0.717) is 5.69 Å². The molecule has 20 heavy (non-hydrogen) atoms. The maximum absolute atomic E-state index is 11.5. The lowest BCUT2D eigenvalue weighted by atomic mass is 10.3. The van der Waals surface area contributed by atoms with Crippen molar-refractivity contribution in [3.05, 3.63) is 10.6 Å². The van der Waals surface area contributed by atoms with E-state index in [-0.39, 0.29) is 5.97 Å². The topological polar surface area (TPSA) is 63.7 Å². The number of rotatable bonds is 6. The molecular weight excluding hydrogens is 278 g/mol. The highest BCUT2D eigenvalue weighted by Gasteiger charge is 2.15. The summed E-state index contributed by atoms with van der Waals surface area (Å²) in [7, 11) is 1.37. The third-order valence-electron chi connectivity index (χ3n) is 3.21. The Bertz CT molecular complexity index is 444. The van der Waals surface area contributed by atoms with E-state index in [1.54, 1.807) is 0 Å². The highest BCUT2D eigenvalue weighted by atomic mass is 32.1. The van der Waals surface area contributed by atoms with E-state index in [4.69, 9.17) is 9.47 Å². The Balaban J connectivity index is 1.72. The second kappa shape index (κ2) is 7.56. The second-order valence-corrected chi connectivity index (χ2v) is 5.85. The van der Waals surface area contributed by atoms with Crippen LogP contribution in [0, 0.1) is 6.92 Å². The normalized spacial score (nSPS) is 16.1. The number of aryl methyl sites for hydroxylation is 1. The smallest absolute Gasteiger partial charge is 0.357 e. The van der Waals surface area contributed by atoms with E-state index in [1.807, 2.05) is 6.92 Å². The lowest BCUT2D eigenvalue weighted by molar-refractivity contribution is 0.0378. The summed E-state index contributed by atoms with van der Waals surface area (Å²) >= 11 is 1.49. The first-order valence-electron chi connectivity index (χ1n) is 6.80. The van der Waals surface area contributed by atoms with Gasteiger partial charge in [-0.05, 0) is 19.9 Å². The van der Waals surface area contributed by atoms with Crippen LogP contribution in [-0.4, -0.2) is 62.4 Å². The Morgan fingerprint density at radius 1 is 1.50 bits per heavy atom. The van der Waals surface area contributed by atoms with E-state index < -0.39 is 0 Å². The van der Waals surface area contributed by atoms with Gasteiger partial charge in [-0.3, -0.25) is 4.90 Å². The Labute approximate surface area is 123 Å². The van der Waals surface area contributed by atoms with Crippen molar-refractivity contribution in [3.8, 4) is 0 Å². The molecule has 1 N–H and O–H groups in total. The fourth-order valence-corrected chi connectivity index (χ4v) is 2.91. The van der Waals surface area contributed by atoms with Gasteiger partial charge in [-0.15, -0.1) is 11.3 Å². The van der Waals surface area contributed by atoms with Gasteiger partial charge in [0.05, 0.1) is 20.3 Å². The summed E-state index contributed by atoms with van der Waals surface area (Å²) in [6.07, 6.45) is 1.05. The predicted molar refractivity (Wildman–Crippen MR) is 78.6 cm³/mol. The van der Waals surface area contributed by atoms with Gasteiger partial charge in [0.2, 0.25) is 0 Å². The molecule has 112 valence electrons. The average molecular weight is 299 g/mol. The first-order chi connectivity index (χ1) is 9.70. The number of methoxy groups -OCH3 is 1. The molecule has 2 rings (SSSR count). The van der Waals surface area contributed by atoms with Crippen LogP contribution in [0.5, 0.6) is 0 Å². The maximum Gasteiger partial charge on any atom is 0.357 e. The summed E-state index contributed by atoms with van der Waals surface area (Å²) in [5.41, 5.74) is 0.410. The number of carbonyl (C=O) groups excluding carboxylic acids is 1. The average Bonchev–Trinajstić information content (AvgIpc) is 2.85. The number of esters is 1. The quantitative estimate of drug-likeness (QED) is 0.632. The second-order valence-electron chi connectivity index (χ2n) is 4.65. The van der Waals surface area contributed by atoms with Crippen molar-refractivity contribution in [1.29, 1.82) is 0 Å². The number of anilines is 1. The Kier molecular flexibility index (Phi) is 5.75. The third-order valence-corrected chi connectivity index (χ3v) is 4.13. The van der Waals surface area contributed by atoms with Crippen molar-refractivity contribution in [1.82, 2.24) is 9.88 Å². The monoisotopic (exact) mass is 299 g/mol. The first-order valence-corrected chi connectivity index (χ1v) is 7.62. The Morgan fingerprint density at radius 3 is 2.95 bits per heavy atom. The van der Waals surface area contributed by atoms with Crippen molar-refractivity contribution in [2.24, 2.45) is 0 Å². The van der Waals surface area contributed by atoms with E-state index >= 15 is 0 Å². The minimum absolute atomic E-state index is 0.375. The molecule has 0 radical (unpaired) electrons. The van der Waals surface area contributed by atoms with Crippen LogP contribution in [0.15, 0.2) is 0 Å². The van der Waals surface area contributed by atoms with Gasteiger partial charge in [-0.25, -0.2) is 9.78 Å². The number of nitrogens with one attached hydrogen (secondary N) is 1. The molecule has 1 aromatic rings. The molecule has 6 nitrogen and oxygen atoms in total. The number of aromatic nitrogens is 1. The predicted octanol–water partition coefficient (Wildman–Crippen LogP) is 1.37. The minimum atomic E-state index is -0.375. The number of carbonyl (C=O) groups is 1. The molecule has 1 saturated heterocycles. The van der Waals surface area contributed by atoms with Crippen LogP contribution in [0.1, 0.15) is 21.8 Å². The van der Waals surface area contributed by atoms with Crippen LogP contribution in [0.3, 0.4) is 0 Å². The molecule has 0 saturated carbocycles. The van der Waals surface area contributed by atoms with Crippen LogP contribution in [0.2, 0.25) is 0 Å². The molecule has 1 fully saturated rings. The number of morpholine rings is 1. The summed E-state index contributed by atoms with van der Waals surface area (Å²) in [5, 5.41) is 4.05. The molecule has 1 aliphatic rings. The SMILES string of the molecule is COC(=O)c1nc(NCCCN2CCOCC2)sc1C. The Hall–Kier alpha value is -1.18. The lowest BCUT2D eigenvalue weighted by Gasteiger charge is -2.26. The zero-order valence-corrected chi connectivity index (χ0v) is 12.8. The zero-order valence-electron chi connectivity index (χ0n) is 12.0. The summed E-state index contributed by atoms with van der Waals surface area (Å²) in [6.45, 7) is 7.49. The van der Waals surface area contributed by atoms with E-state index in [2.05, 4.69) is 15.2 Å². The lowest BCUT2D eigenvalue weighted by Crippen LogP contribution is -2.37. The van der Waals surface area contributed by atoms with Gasteiger partial charge in [0.1, 0.15) is 0 Å². The molecule has 2 heterocycles. The van der Waals surface area contributed by atoms with Crippen LogP contribution in [-0.2, 0) is 9.47 Å². The largest absolute Gasteiger partial charge is 0.464 e. The van der Waals surface area contributed by atoms with Gasteiger partial charge >= 0.3 is 5.97 Å². The van der Waals surface area contributed by atoms with Gasteiger partial charge in [0.15, 0.2) is 10.8 Å². The molecule has 0 atom stereocenters. The maximum atomic E-state index is 11.5. The first kappa shape index (κ1) is 15.2. The number of nitrogens with zero attached hydrogens (tertiary/aromatic N) is 2. The summed E-state index contributed by atoms with van der Waals surface area (Å²) in [4.78, 5) is 19.0. The van der Waals surface area contributed by atoms with Gasteiger partial charge in [0.25, 0.3) is 0 Å². The fraction of sp³-hybridized carbons (Fsp3) is 0.692. The number of hydrogen-bond acceptors (Lipinski definition) is 7. The zero-order chi connectivity index (χ0) is 14.4. The molecule has 0 unspecified atom stereocenters. The van der Waals surface area contributed by atoms with Gasteiger partial charge < -0.3 is 14.8 Å². The fourth-order valence-electron chi connectivity index (χ4n) is 2.08. The van der Waals surface area contributed by atoms with Crippen LogP contribution in [0.25, 0.3) is 0 Å². The molecule has 7 heteroatoms. The van der Waals surface area contributed by atoms with Gasteiger partial charge in [0, 0.05) is 24.5 Å². The summed E-state index contributed by atoms with van der Waals surface area (Å²) in [5.74, 6) is -0.375. The minimum Gasteiger partial charge on any atom is -0.464 e. The molecule has 0 aliphatic carbocycles. The molecule has 0 spiro atoms. The molecule has 0 aromatic carbocycles. The molecule has 1 aliphatic heterocycles. The van der Waals surface area contributed by atoms with Crippen molar-refractivity contribution in [3.63, 3.8) is 0 Å². The Morgan fingerprint density at radius 2 is 2.25 bits per heavy atom. The standard InChI is InChI=1S/C13H21N3O3S/c1-10-11(12(17)18-2)15-13(20-10)14-4-3-5-16-6-8-19-9-7-16/h3-9H2,1-2H3,(H,14,15). The summed E-state index contributed by atoms with van der Waals surface area (Å²) < 4.78 is 10.0. The van der Waals surface area contributed by atoms with Crippen molar-refractivity contribution >= 4 is 22.4 Å². The van der Waals surface area contributed by atoms with Crippen molar-refractivity contribution in [2.75, 3.05) is 51.8 Å². The molecule has 0 amide bonds. The van der Waals surface area contributed by atoms with Crippen molar-refractivity contribution in [2.45, 2.75) is 13.3 Å². The molecule has 1 aromatic heterocycles. The van der Waals surface area contributed by atoms with E-state index in [0.717, 1.165) is 55.8 Å². The summed E-state index contributed by atoms with van der Waals surface area (Å²) in [6, 6.07) is 0. The van der Waals surface area contributed by atoms with Crippen LogP contribution in [0.4, 0.5) is 5.13 Å². The van der Waals surface area contributed by atoms with Gasteiger partial charge in [-0.1, -0.05) is 0 Å². The number of hydrogen-bond donors (Lipinski definition) is 1. The molecular formula is C13H21N3O3S. The van der Waals surface area contributed by atoms with Crippen molar-refractivity contribution < 1.29 is 14.3 Å². The molecule has 0 bridgehead atoms. The highest BCUT2D eigenvalue weighted by Crippen LogP contribution is 2.22. The highest BCUT2D eigenvalue weighted by molar-refractivity contribution is 7.15.